The van der Waals surface area contributed by atoms with E-state index in [-0.39, 0.29) is 0 Å². The minimum Gasteiger partial charge on any atom is -0.384 e. The molecule has 120 valence electrons. The number of carbonyl (C=O) groups is 2. The fraction of sp³-hybridized carbons (Fsp3) is 0.0588. The van der Waals surface area contributed by atoms with Gasteiger partial charge >= 0.3 is 0 Å². The van der Waals surface area contributed by atoms with Gasteiger partial charge in [0.25, 0.3) is 11.8 Å². The number of nitrogens with one attached hydrogen (secondary N) is 2. The number of benzene rings is 2. The molecule has 0 atom stereocenters. The SMILES string of the molecule is N#CC(=NOCC(=O)Nc1ccccc1)C(=O)Nc1ccccc1. The molecule has 0 unspecified atom stereocenters. The summed E-state index contributed by atoms with van der Waals surface area (Å²) in [6.07, 6.45) is 0. The number of hydrogen-bond donors (Lipinski definition) is 2. The molecule has 0 aliphatic heterocycles. The van der Waals surface area contributed by atoms with E-state index in [2.05, 4.69) is 15.8 Å². The van der Waals surface area contributed by atoms with E-state index in [4.69, 9.17) is 10.1 Å². The Kier molecular flexibility index (Phi) is 6.06. The van der Waals surface area contributed by atoms with E-state index < -0.39 is 24.1 Å². The van der Waals surface area contributed by atoms with Crippen LogP contribution in [0.3, 0.4) is 0 Å². The van der Waals surface area contributed by atoms with Crippen molar-refractivity contribution in [1.82, 2.24) is 0 Å². The number of para-hydroxylation sites is 2. The highest BCUT2D eigenvalue weighted by Crippen LogP contribution is 2.05. The molecule has 7 heteroatoms. The lowest BCUT2D eigenvalue weighted by Gasteiger charge is -2.05. The van der Waals surface area contributed by atoms with Gasteiger partial charge in [0.2, 0.25) is 5.71 Å². The van der Waals surface area contributed by atoms with Gasteiger partial charge in [0, 0.05) is 11.4 Å². The molecule has 2 N–H and O–H groups in total. The number of rotatable bonds is 6. The lowest BCUT2D eigenvalue weighted by Crippen LogP contribution is -2.23. The molecule has 2 rings (SSSR count). The predicted molar refractivity (Wildman–Crippen MR) is 89.1 cm³/mol. The number of hydrogen-bond acceptors (Lipinski definition) is 5. The minimum atomic E-state index is -0.716. The standard InChI is InChI=1S/C17H14N4O3/c18-11-15(17(23)20-14-9-5-2-6-10-14)21-24-12-16(22)19-13-7-3-1-4-8-13/h1-10H,12H2,(H,19,22)(H,20,23). The smallest absolute Gasteiger partial charge is 0.288 e. The Morgan fingerprint density at radius 1 is 0.958 bits per heavy atom. The molecule has 0 bridgehead atoms. The first-order valence-corrected chi connectivity index (χ1v) is 7.00. The number of carbonyl (C=O) groups excluding carboxylic acids is 2. The van der Waals surface area contributed by atoms with Gasteiger partial charge in [-0.05, 0) is 24.3 Å². The average molecular weight is 322 g/mol. The van der Waals surface area contributed by atoms with Crippen molar-refractivity contribution >= 4 is 28.9 Å². The van der Waals surface area contributed by atoms with E-state index >= 15 is 0 Å². The Bertz CT molecular complexity index is 767. The maximum atomic E-state index is 11.9. The minimum absolute atomic E-state index is 0.418. The first kappa shape index (κ1) is 16.7. The lowest BCUT2D eigenvalue weighted by atomic mass is 10.3. The third-order valence-corrected chi connectivity index (χ3v) is 2.76. The molecule has 2 amide bonds. The molecular formula is C17H14N4O3. The quantitative estimate of drug-likeness (QED) is 0.628. The summed E-state index contributed by atoms with van der Waals surface area (Å²) >= 11 is 0. The zero-order chi connectivity index (χ0) is 17.2. The molecular weight excluding hydrogens is 308 g/mol. The van der Waals surface area contributed by atoms with Crippen LogP contribution in [0.5, 0.6) is 0 Å². The maximum Gasteiger partial charge on any atom is 0.288 e. The number of nitrogens with zero attached hydrogens (tertiary/aromatic N) is 2. The summed E-state index contributed by atoms with van der Waals surface area (Å²) < 4.78 is 0. The van der Waals surface area contributed by atoms with Gasteiger partial charge in [-0.3, -0.25) is 9.59 Å². The average Bonchev–Trinajstić information content (AvgIpc) is 2.60. The highest BCUT2D eigenvalue weighted by molar-refractivity contribution is 6.48. The molecule has 0 aromatic heterocycles. The summed E-state index contributed by atoms with van der Waals surface area (Å²) in [6, 6.07) is 19.0. The molecule has 0 spiro atoms. The third-order valence-electron chi connectivity index (χ3n) is 2.76. The fourth-order valence-electron chi connectivity index (χ4n) is 1.70. The van der Waals surface area contributed by atoms with Gasteiger partial charge in [0.05, 0.1) is 0 Å². The normalized spacial score (nSPS) is 10.4. The summed E-state index contributed by atoms with van der Waals surface area (Å²) in [4.78, 5) is 28.3. The molecule has 0 saturated carbocycles. The van der Waals surface area contributed by atoms with Crippen LogP contribution in [0.15, 0.2) is 65.8 Å². The summed E-state index contributed by atoms with van der Waals surface area (Å²) in [5.41, 5.74) is 0.649. The number of oxime groups is 1. The van der Waals surface area contributed by atoms with Crippen molar-refractivity contribution in [3.05, 3.63) is 60.7 Å². The second kappa shape index (κ2) is 8.70. The summed E-state index contributed by atoms with van der Waals surface area (Å²) in [6.45, 7) is -0.418. The zero-order valence-corrected chi connectivity index (χ0v) is 12.6. The summed E-state index contributed by atoms with van der Waals surface area (Å²) in [7, 11) is 0. The van der Waals surface area contributed by atoms with Crippen LogP contribution in [-0.2, 0) is 14.4 Å². The second-order valence-electron chi connectivity index (χ2n) is 4.56. The van der Waals surface area contributed by atoms with Crippen molar-refractivity contribution in [3.63, 3.8) is 0 Å². The molecule has 2 aromatic carbocycles. The highest BCUT2D eigenvalue weighted by atomic mass is 16.6. The van der Waals surface area contributed by atoms with E-state index in [1.54, 1.807) is 60.7 Å². The molecule has 0 radical (unpaired) electrons. The van der Waals surface area contributed by atoms with Crippen LogP contribution in [0.2, 0.25) is 0 Å². The molecule has 24 heavy (non-hydrogen) atoms. The van der Waals surface area contributed by atoms with Crippen LogP contribution in [0, 0.1) is 11.3 Å². The number of anilines is 2. The van der Waals surface area contributed by atoms with Crippen molar-refractivity contribution in [2.45, 2.75) is 0 Å². The monoisotopic (exact) mass is 322 g/mol. The van der Waals surface area contributed by atoms with Crippen molar-refractivity contribution in [2.24, 2.45) is 5.16 Å². The van der Waals surface area contributed by atoms with Crippen molar-refractivity contribution in [2.75, 3.05) is 17.2 Å². The number of amides is 2. The van der Waals surface area contributed by atoms with Gasteiger partial charge in [0.1, 0.15) is 6.07 Å². The van der Waals surface area contributed by atoms with Crippen molar-refractivity contribution < 1.29 is 14.4 Å². The predicted octanol–water partition coefficient (Wildman–Crippen LogP) is 2.16. The molecule has 0 aliphatic rings. The van der Waals surface area contributed by atoms with Gasteiger partial charge < -0.3 is 15.5 Å². The molecule has 0 saturated heterocycles. The van der Waals surface area contributed by atoms with Crippen molar-refractivity contribution in [3.8, 4) is 6.07 Å². The van der Waals surface area contributed by atoms with E-state index in [1.165, 1.54) is 0 Å². The highest BCUT2D eigenvalue weighted by Gasteiger charge is 2.12. The maximum absolute atomic E-state index is 11.9. The van der Waals surface area contributed by atoms with Crippen LogP contribution in [0.1, 0.15) is 0 Å². The Morgan fingerprint density at radius 3 is 2.04 bits per heavy atom. The van der Waals surface area contributed by atoms with E-state index in [9.17, 15) is 9.59 Å². The van der Waals surface area contributed by atoms with E-state index in [1.807, 2.05) is 6.07 Å². The molecule has 7 nitrogen and oxygen atoms in total. The van der Waals surface area contributed by atoms with Crippen LogP contribution in [0.25, 0.3) is 0 Å². The first-order chi connectivity index (χ1) is 11.7. The first-order valence-electron chi connectivity index (χ1n) is 7.00. The molecule has 0 fully saturated rings. The van der Waals surface area contributed by atoms with E-state index in [0.717, 1.165) is 0 Å². The Labute approximate surface area is 138 Å². The lowest BCUT2D eigenvalue weighted by molar-refractivity contribution is -0.120. The van der Waals surface area contributed by atoms with Gasteiger partial charge in [-0.25, -0.2) is 0 Å². The third kappa shape index (κ3) is 5.27. The van der Waals surface area contributed by atoms with Gasteiger partial charge in [-0.1, -0.05) is 41.6 Å². The number of nitriles is 1. The van der Waals surface area contributed by atoms with Gasteiger partial charge in [-0.15, -0.1) is 0 Å². The zero-order valence-electron chi connectivity index (χ0n) is 12.6. The van der Waals surface area contributed by atoms with Crippen LogP contribution in [0.4, 0.5) is 11.4 Å². The second-order valence-corrected chi connectivity index (χ2v) is 4.56. The fourth-order valence-corrected chi connectivity index (χ4v) is 1.70. The summed E-state index contributed by atoms with van der Waals surface area (Å²) in [5.74, 6) is -1.17. The van der Waals surface area contributed by atoms with Crippen LogP contribution >= 0.6 is 0 Å². The van der Waals surface area contributed by atoms with Crippen molar-refractivity contribution in [1.29, 1.82) is 5.26 Å². The summed E-state index contributed by atoms with van der Waals surface area (Å²) in [5, 5.41) is 17.4. The molecule has 0 heterocycles. The Hall–Kier alpha value is -3.66. The Morgan fingerprint density at radius 2 is 1.50 bits per heavy atom. The Balaban J connectivity index is 1.85. The van der Waals surface area contributed by atoms with E-state index in [0.29, 0.717) is 11.4 Å². The molecule has 0 aliphatic carbocycles. The van der Waals surface area contributed by atoms with Crippen LogP contribution in [-0.4, -0.2) is 24.1 Å². The van der Waals surface area contributed by atoms with Crippen LogP contribution < -0.4 is 10.6 Å². The molecule has 2 aromatic rings. The van der Waals surface area contributed by atoms with Gasteiger partial charge in [-0.2, -0.15) is 5.26 Å². The topological polar surface area (TPSA) is 104 Å². The largest absolute Gasteiger partial charge is 0.384 e. The van der Waals surface area contributed by atoms with Gasteiger partial charge in [0.15, 0.2) is 6.61 Å².